The Bertz CT molecular complexity index is 1100. The van der Waals surface area contributed by atoms with E-state index in [9.17, 15) is 14.4 Å². The fourth-order valence-electron chi connectivity index (χ4n) is 4.76. The number of carbonyl (C=O) groups excluding carboxylic acids is 3. The summed E-state index contributed by atoms with van der Waals surface area (Å²) in [6.07, 6.45) is -7.30. The molecule has 0 N–H and O–H groups in total. The molecule has 0 bridgehead atoms. The van der Waals surface area contributed by atoms with E-state index in [0.29, 0.717) is 0 Å². The molecule has 3 rings (SSSR count). The molecule has 0 saturated carbocycles. The fraction of sp³-hybridized carbons (Fsp3) is 0.700. The van der Waals surface area contributed by atoms with Gasteiger partial charge in [-0.1, -0.05) is 50.7 Å². The van der Waals surface area contributed by atoms with E-state index in [4.69, 9.17) is 37.6 Å². The lowest BCUT2D eigenvalue weighted by molar-refractivity contribution is -0.329. The summed E-state index contributed by atoms with van der Waals surface area (Å²) in [6.45, 7) is 16.1. The number of ether oxygens (including phenoxy) is 7. The summed E-state index contributed by atoms with van der Waals surface area (Å²) in [5.74, 6) is -1.72. The molecule has 0 aromatic heterocycles. The van der Waals surface area contributed by atoms with Crippen LogP contribution in [0.4, 0.5) is 0 Å². The molecule has 2 fully saturated rings. The van der Waals surface area contributed by atoms with Gasteiger partial charge in [0.1, 0.15) is 23.7 Å². The lowest BCUT2D eigenvalue weighted by Gasteiger charge is -2.50. The van der Waals surface area contributed by atoms with Crippen molar-refractivity contribution in [2.45, 2.75) is 126 Å². The quantitative estimate of drug-likeness (QED) is 0.203. The topological polar surface area (TPSA) is 125 Å². The Morgan fingerprint density at radius 2 is 1.44 bits per heavy atom. The van der Waals surface area contributed by atoms with Crippen LogP contribution in [0.5, 0.6) is 0 Å². The summed E-state index contributed by atoms with van der Waals surface area (Å²) in [4.78, 5) is 37.7. The molecule has 0 spiro atoms. The molecule has 13 heteroatoms. The van der Waals surface area contributed by atoms with E-state index in [1.54, 1.807) is 6.92 Å². The Morgan fingerprint density at radius 3 is 1.98 bits per heavy atom. The maximum absolute atomic E-state index is 12.4. The predicted octanol–water partition coefficient (Wildman–Crippen LogP) is 4.47. The van der Waals surface area contributed by atoms with E-state index in [2.05, 4.69) is 33.9 Å². The first kappa shape index (κ1) is 35.5. The van der Waals surface area contributed by atoms with Crippen molar-refractivity contribution in [1.29, 1.82) is 0 Å². The maximum Gasteiger partial charge on any atom is 0.303 e. The van der Waals surface area contributed by atoms with Crippen molar-refractivity contribution in [3.63, 3.8) is 0 Å². The minimum atomic E-state index is -2.40. The molecule has 2 heterocycles. The van der Waals surface area contributed by atoms with Crippen LogP contribution in [0.2, 0.25) is 18.1 Å². The molecule has 1 aromatic carbocycles. The highest BCUT2D eigenvalue weighted by atomic mass is 32.2. The van der Waals surface area contributed by atoms with Crippen LogP contribution in [0.3, 0.4) is 0 Å². The number of carbonyl (C=O) groups is 3. The van der Waals surface area contributed by atoms with Gasteiger partial charge in [0.25, 0.3) is 0 Å². The van der Waals surface area contributed by atoms with Crippen LogP contribution < -0.4 is 0 Å². The first-order valence-corrected chi connectivity index (χ1v) is 18.2. The second kappa shape index (κ2) is 14.9. The third kappa shape index (κ3) is 9.25. The van der Waals surface area contributed by atoms with Gasteiger partial charge in [0.05, 0.1) is 12.7 Å². The zero-order valence-electron chi connectivity index (χ0n) is 26.7. The Balaban J connectivity index is 1.98. The molecule has 1 aromatic rings. The van der Waals surface area contributed by atoms with Crippen molar-refractivity contribution in [3.05, 3.63) is 30.3 Å². The summed E-state index contributed by atoms with van der Waals surface area (Å²) >= 11 is 1.44. The van der Waals surface area contributed by atoms with Gasteiger partial charge in [-0.15, -0.1) is 0 Å². The first-order chi connectivity index (χ1) is 20.0. The molecule has 2 aliphatic heterocycles. The number of methoxy groups -OCH3 is 1. The normalized spacial score (nSPS) is 31.6. The van der Waals surface area contributed by atoms with Crippen LogP contribution in [0.1, 0.15) is 48.5 Å². The van der Waals surface area contributed by atoms with Gasteiger partial charge in [-0.05, 0) is 37.2 Å². The highest BCUT2D eigenvalue weighted by Gasteiger charge is 2.55. The number of benzene rings is 1. The second-order valence-electron chi connectivity index (χ2n) is 12.3. The van der Waals surface area contributed by atoms with Crippen LogP contribution in [0, 0.1) is 0 Å². The predicted molar refractivity (Wildman–Crippen MR) is 161 cm³/mol. The molecule has 0 unspecified atom stereocenters. The van der Waals surface area contributed by atoms with Gasteiger partial charge in [-0.2, -0.15) is 0 Å². The minimum Gasteiger partial charge on any atom is -0.457 e. The first-order valence-electron chi connectivity index (χ1n) is 14.4. The Hall–Kier alpha value is -2.00. The summed E-state index contributed by atoms with van der Waals surface area (Å²) in [7, 11) is -0.891. The van der Waals surface area contributed by atoms with Crippen LogP contribution in [-0.4, -0.2) is 94.4 Å². The molecule has 0 aliphatic carbocycles. The molecule has 9 atom stereocenters. The van der Waals surface area contributed by atoms with E-state index in [1.165, 1.54) is 39.6 Å². The number of thioether (sulfide) groups is 1. The third-order valence-corrected chi connectivity index (χ3v) is 13.5. The van der Waals surface area contributed by atoms with E-state index in [-0.39, 0.29) is 11.6 Å². The zero-order chi connectivity index (χ0) is 32.1. The minimum absolute atomic E-state index is 0.0274. The molecule has 2 saturated heterocycles. The monoisotopic (exact) mass is 642 g/mol. The molecular formula is C30H46O11SSi. The van der Waals surface area contributed by atoms with Gasteiger partial charge in [0.2, 0.25) is 0 Å². The average molecular weight is 643 g/mol. The van der Waals surface area contributed by atoms with Crippen LogP contribution in [0.15, 0.2) is 35.2 Å². The fourth-order valence-corrected chi connectivity index (χ4v) is 7.25. The molecule has 0 radical (unpaired) electrons. The van der Waals surface area contributed by atoms with Gasteiger partial charge in [-0.3, -0.25) is 14.4 Å². The highest BCUT2D eigenvalue weighted by Crippen LogP contribution is 2.41. The van der Waals surface area contributed by atoms with Crippen molar-refractivity contribution < 1.29 is 52.0 Å². The molecular weight excluding hydrogens is 596 g/mol. The summed E-state index contributed by atoms with van der Waals surface area (Å²) in [5.41, 5.74) is -0.531. The Morgan fingerprint density at radius 1 is 0.860 bits per heavy atom. The smallest absolute Gasteiger partial charge is 0.303 e. The van der Waals surface area contributed by atoms with Crippen molar-refractivity contribution in [2.75, 3.05) is 13.7 Å². The molecule has 2 aliphatic rings. The third-order valence-electron chi connectivity index (χ3n) is 7.83. The molecule has 11 nitrogen and oxygen atoms in total. The van der Waals surface area contributed by atoms with Crippen LogP contribution in [0.25, 0.3) is 0 Å². The van der Waals surface area contributed by atoms with Gasteiger partial charge in [-0.25, -0.2) is 0 Å². The van der Waals surface area contributed by atoms with E-state index in [0.717, 1.165) is 4.90 Å². The Kier molecular flexibility index (Phi) is 12.3. The number of esters is 3. The average Bonchev–Trinajstić information content (AvgIpc) is 2.89. The van der Waals surface area contributed by atoms with Crippen molar-refractivity contribution >= 4 is 38.0 Å². The summed E-state index contributed by atoms with van der Waals surface area (Å²) in [5, 5.41) is -0.158. The van der Waals surface area contributed by atoms with E-state index < -0.39 is 80.7 Å². The summed E-state index contributed by atoms with van der Waals surface area (Å²) in [6, 6.07) is 9.65. The maximum atomic E-state index is 12.4. The molecule has 0 amide bonds. The number of hydrogen-bond acceptors (Lipinski definition) is 12. The van der Waals surface area contributed by atoms with Gasteiger partial charge in [0, 0.05) is 32.8 Å². The van der Waals surface area contributed by atoms with Crippen LogP contribution in [-0.2, 0) is 52.0 Å². The van der Waals surface area contributed by atoms with Gasteiger partial charge in [0.15, 0.2) is 32.9 Å². The van der Waals surface area contributed by atoms with E-state index >= 15 is 0 Å². The van der Waals surface area contributed by atoms with Gasteiger partial charge >= 0.3 is 17.9 Å². The molecule has 242 valence electrons. The lowest BCUT2D eigenvalue weighted by Crippen LogP contribution is -2.65. The number of hydrogen-bond donors (Lipinski definition) is 0. The lowest BCUT2D eigenvalue weighted by atomic mass is 9.98. The van der Waals surface area contributed by atoms with E-state index in [1.807, 2.05) is 30.3 Å². The standard InChI is InChI=1S/C30H46O11SSi/c1-17-23(41-43(9,10)30(5,6)7)25(38-19(3)32)26(39-20(4)33)28(36-17)40-24-22(37-18(2)31)16-35-29(27(24)34-8)42-21-14-12-11-13-15-21/h11-15,17,22-29H,16H2,1-10H3/t17-,22+,23+,24+,25-,26+,27+,28+,29+/m1/s1. The second-order valence-corrected chi connectivity index (χ2v) is 18.2. The van der Waals surface area contributed by atoms with Gasteiger partial charge < -0.3 is 37.6 Å². The zero-order valence-corrected chi connectivity index (χ0v) is 28.5. The van der Waals surface area contributed by atoms with Crippen molar-refractivity contribution in [2.24, 2.45) is 0 Å². The van der Waals surface area contributed by atoms with Crippen LogP contribution >= 0.6 is 11.8 Å². The van der Waals surface area contributed by atoms with Crippen molar-refractivity contribution in [3.8, 4) is 0 Å². The highest BCUT2D eigenvalue weighted by molar-refractivity contribution is 7.99. The Labute approximate surface area is 259 Å². The summed E-state index contributed by atoms with van der Waals surface area (Å²) < 4.78 is 48.6. The largest absolute Gasteiger partial charge is 0.457 e. The van der Waals surface area contributed by atoms with Crippen molar-refractivity contribution in [1.82, 2.24) is 0 Å². The number of rotatable bonds is 10. The molecule has 43 heavy (non-hydrogen) atoms. The SMILES string of the molecule is CO[C@H]1[C@@H](O[C@@H]2O[C@H](C)[C@H](O[Si](C)(C)C(C)(C)C)[C@@H](OC(C)=O)[C@@H]2OC(C)=O)[C@@H](OC(C)=O)CO[C@H]1Sc1ccccc1.